The summed E-state index contributed by atoms with van der Waals surface area (Å²) in [5, 5.41) is 18.1. The van der Waals surface area contributed by atoms with Gasteiger partial charge in [0.25, 0.3) is 0 Å². The molecule has 0 aromatic carbocycles. The maximum Gasteiger partial charge on any atom is 0.433 e. The van der Waals surface area contributed by atoms with E-state index in [0.717, 1.165) is 11.0 Å². The molecule has 0 bridgehead atoms. The summed E-state index contributed by atoms with van der Waals surface area (Å²) in [6.07, 6.45) is -5.00. The predicted molar refractivity (Wildman–Crippen MR) is 68.2 cm³/mol. The Bertz CT molecular complexity index is 551. The summed E-state index contributed by atoms with van der Waals surface area (Å²) in [6, 6.07) is 1.90. The molecule has 0 saturated carbocycles. The van der Waals surface area contributed by atoms with Gasteiger partial charge in [-0.3, -0.25) is 4.90 Å². The van der Waals surface area contributed by atoms with Crippen LogP contribution in [0.1, 0.15) is 30.5 Å². The Morgan fingerprint density at radius 3 is 2.73 bits per heavy atom. The van der Waals surface area contributed by atoms with E-state index in [9.17, 15) is 18.0 Å². The number of aliphatic hydroxyl groups excluding tert-OH is 1. The van der Waals surface area contributed by atoms with Crippen LogP contribution in [0.4, 0.5) is 18.0 Å². The largest absolute Gasteiger partial charge is 0.465 e. The topological polar surface area (TPSA) is 82.9 Å². The van der Waals surface area contributed by atoms with Crippen LogP contribution in [0.15, 0.2) is 12.1 Å². The van der Waals surface area contributed by atoms with Gasteiger partial charge in [-0.05, 0) is 24.5 Å². The zero-order valence-corrected chi connectivity index (χ0v) is 11.5. The minimum absolute atomic E-state index is 0.00462. The van der Waals surface area contributed by atoms with Gasteiger partial charge in [0.15, 0.2) is 6.23 Å². The molecule has 1 aliphatic heterocycles. The first-order chi connectivity index (χ1) is 10.3. The fraction of sp³-hybridized carbons (Fsp3) is 0.538. The highest BCUT2D eigenvalue weighted by Gasteiger charge is 2.34. The molecule has 1 saturated heterocycles. The summed E-state index contributed by atoms with van der Waals surface area (Å²) in [4.78, 5) is 15.5. The van der Waals surface area contributed by atoms with Crippen LogP contribution in [0.25, 0.3) is 0 Å². The van der Waals surface area contributed by atoms with E-state index < -0.39 is 30.8 Å². The van der Waals surface area contributed by atoms with Gasteiger partial charge < -0.3 is 14.9 Å². The number of alkyl halides is 3. The molecule has 122 valence electrons. The molecule has 0 aliphatic carbocycles. The first-order valence-corrected chi connectivity index (χ1v) is 6.66. The number of pyridine rings is 1. The van der Waals surface area contributed by atoms with Crippen molar-refractivity contribution in [1.82, 2.24) is 9.88 Å². The molecule has 1 amide bonds. The molecule has 9 heteroatoms. The van der Waals surface area contributed by atoms with Crippen molar-refractivity contribution in [3.05, 3.63) is 23.4 Å². The van der Waals surface area contributed by atoms with E-state index in [-0.39, 0.29) is 18.0 Å². The van der Waals surface area contributed by atoms with Crippen LogP contribution in [-0.4, -0.2) is 39.0 Å². The third-order valence-electron chi connectivity index (χ3n) is 3.28. The second kappa shape index (κ2) is 6.39. The van der Waals surface area contributed by atoms with Crippen LogP contribution < -0.4 is 4.74 Å². The van der Waals surface area contributed by atoms with Crippen molar-refractivity contribution < 1.29 is 32.9 Å². The molecule has 1 atom stereocenters. The number of rotatable bonds is 3. The van der Waals surface area contributed by atoms with Crippen molar-refractivity contribution in [1.29, 1.82) is 0 Å². The number of piperidine rings is 1. The van der Waals surface area contributed by atoms with Crippen LogP contribution in [0, 0.1) is 0 Å². The van der Waals surface area contributed by atoms with Gasteiger partial charge in [0.2, 0.25) is 5.88 Å². The minimum atomic E-state index is -4.68. The smallest absolute Gasteiger partial charge is 0.433 e. The SMILES string of the molecule is O=C(O)N1CCCCC1Oc1cc(CO)cc(C(F)(F)F)n1. The van der Waals surface area contributed by atoms with Gasteiger partial charge in [-0.15, -0.1) is 0 Å². The maximum atomic E-state index is 12.8. The van der Waals surface area contributed by atoms with E-state index in [1.165, 1.54) is 6.07 Å². The Kier molecular flexibility index (Phi) is 4.74. The van der Waals surface area contributed by atoms with Crippen LogP contribution in [0.2, 0.25) is 0 Å². The molecule has 6 nitrogen and oxygen atoms in total. The molecule has 1 aromatic rings. The van der Waals surface area contributed by atoms with Gasteiger partial charge in [-0.2, -0.15) is 13.2 Å². The second-order valence-electron chi connectivity index (χ2n) is 4.90. The lowest BCUT2D eigenvalue weighted by Gasteiger charge is -2.33. The van der Waals surface area contributed by atoms with Crippen molar-refractivity contribution in [2.75, 3.05) is 6.54 Å². The normalized spacial score (nSPS) is 19.1. The lowest BCUT2D eigenvalue weighted by Crippen LogP contribution is -2.46. The van der Waals surface area contributed by atoms with Crippen molar-refractivity contribution in [2.24, 2.45) is 0 Å². The second-order valence-corrected chi connectivity index (χ2v) is 4.90. The van der Waals surface area contributed by atoms with E-state index >= 15 is 0 Å². The van der Waals surface area contributed by atoms with Crippen LogP contribution >= 0.6 is 0 Å². The van der Waals surface area contributed by atoms with Gasteiger partial charge >= 0.3 is 12.3 Å². The third-order valence-corrected chi connectivity index (χ3v) is 3.28. The number of aromatic nitrogens is 1. The molecule has 1 unspecified atom stereocenters. The summed E-state index contributed by atoms with van der Waals surface area (Å²) < 4.78 is 43.6. The van der Waals surface area contributed by atoms with Crippen molar-refractivity contribution >= 4 is 6.09 Å². The molecule has 0 radical (unpaired) electrons. The fourth-order valence-electron chi connectivity index (χ4n) is 2.24. The maximum absolute atomic E-state index is 12.8. The summed E-state index contributed by atoms with van der Waals surface area (Å²) in [7, 11) is 0. The molecular weight excluding hydrogens is 305 g/mol. The average molecular weight is 320 g/mol. The molecule has 22 heavy (non-hydrogen) atoms. The number of nitrogens with zero attached hydrogens (tertiary/aromatic N) is 2. The number of hydrogen-bond donors (Lipinski definition) is 2. The quantitative estimate of drug-likeness (QED) is 0.894. The van der Waals surface area contributed by atoms with Gasteiger partial charge in [0.05, 0.1) is 6.61 Å². The zero-order chi connectivity index (χ0) is 16.3. The number of amides is 1. The van der Waals surface area contributed by atoms with Gasteiger partial charge in [0, 0.05) is 19.0 Å². The molecule has 2 heterocycles. The molecular formula is C13H15F3N2O4. The first kappa shape index (κ1) is 16.3. The predicted octanol–water partition coefficient (Wildman–Crippen LogP) is 2.46. The van der Waals surface area contributed by atoms with Crippen molar-refractivity contribution in [2.45, 2.75) is 38.3 Å². The number of carbonyl (C=O) groups is 1. The van der Waals surface area contributed by atoms with E-state index in [1.807, 2.05) is 0 Å². The fourth-order valence-corrected chi connectivity index (χ4v) is 2.24. The Labute approximate surface area is 124 Å². The van der Waals surface area contributed by atoms with Gasteiger partial charge in [-0.25, -0.2) is 9.78 Å². The Morgan fingerprint density at radius 1 is 1.41 bits per heavy atom. The number of ether oxygens (including phenoxy) is 1. The molecule has 1 aliphatic rings. The van der Waals surface area contributed by atoms with Crippen LogP contribution in [-0.2, 0) is 12.8 Å². The van der Waals surface area contributed by atoms with E-state index in [0.29, 0.717) is 19.3 Å². The number of halogens is 3. The average Bonchev–Trinajstić information content (AvgIpc) is 2.46. The molecule has 2 N–H and O–H groups in total. The standard InChI is InChI=1S/C13H15F3N2O4/c14-13(15,16)9-5-8(7-19)6-10(17-9)22-11-3-1-2-4-18(11)12(20)21/h5-6,11,19H,1-4,7H2,(H,20,21). The molecule has 0 spiro atoms. The summed E-state index contributed by atoms with van der Waals surface area (Å²) in [6.45, 7) is -0.346. The first-order valence-electron chi connectivity index (χ1n) is 6.66. The number of hydrogen-bond acceptors (Lipinski definition) is 4. The van der Waals surface area contributed by atoms with E-state index in [1.54, 1.807) is 0 Å². The Hall–Kier alpha value is -2.03. The van der Waals surface area contributed by atoms with Crippen LogP contribution in [0.5, 0.6) is 5.88 Å². The third kappa shape index (κ3) is 3.79. The highest BCUT2D eigenvalue weighted by Crippen LogP contribution is 2.31. The van der Waals surface area contributed by atoms with Gasteiger partial charge in [-0.1, -0.05) is 0 Å². The van der Waals surface area contributed by atoms with Gasteiger partial charge in [0.1, 0.15) is 5.69 Å². The van der Waals surface area contributed by atoms with E-state index in [2.05, 4.69) is 4.98 Å². The number of likely N-dealkylation sites (tertiary alicyclic amines) is 1. The van der Waals surface area contributed by atoms with Crippen LogP contribution in [0.3, 0.4) is 0 Å². The Balaban J connectivity index is 2.26. The van der Waals surface area contributed by atoms with Crippen molar-refractivity contribution in [3.8, 4) is 5.88 Å². The highest BCUT2D eigenvalue weighted by molar-refractivity contribution is 5.65. The lowest BCUT2D eigenvalue weighted by atomic mass is 10.1. The molecule has 1 aromatic heterocycles. The molecule has 2 rings (SSSR count). The molecule has 1 fully saturated rings. The summed E-state index contributed by atoms with van der Waals surface area (Å²) in [5.74, 6) is -0.350. The number of carboxylic acid groups (broad SMARTS) is 1. The minimum Gasteiger partial charge on any atom is -0.465 e. The highest BCUT2D eigenvalue weighted by atomic mass is 19.4. The van der Waals surface area contributed by atoms with Crippen molar-refractivity contribution in [3.63, 3.8) is 0 Å². The zero-order valence-electron chi connectivity index (χ0n) is 11.5. The Morgan fingerprint density at radius 2 is 2.14 bits per heavy atom. The number of aliphatic hydroxyl groups is 1. The summed E-state index contributed by atoms with van der Waals surface area (Å²) in [5.41, 5.74) is -1.19. The lowest BCUT2D eigenvalue weighted by molar-refractivity contribution is -0.141. The van der Waals surface area contributed by atoms with E-state index in [4.69, 9.17) is 14.9 Å². The monoisotopic (exact) mass is 320 g/mol. The summed E-state index contributed by atoms with van der Waals surface area (Å²) >= 11 is 0.